The van der Waals surface area contributed by atoms with Crippen molar-refractivity contribution < 1.29 is 4.39 Å². The highest BCUT2D eigenvalue weighted by atomic mass is 19.1. The fourth-order valence-corrected chi connectivity index (χ4v) is 0.956. The molecule has 1 rings (SSSR count). The first-order valence-corrected chi connectivity index (χ1v) is 3.15. The van der Waals surface area contributed by atoms with Crippen LogP contribution < -0.4 is 0 Å². The average Bonchev–Trinajstić information content (AvgIpc) is 1.60. The molecule has 0 saturated heterocycles. The number of hydrogen-bond acceptors (Lipinski definition) is 0. The van der Waals surface area contributed by atoms with Gasteiger partial charge in [0, 0.05) is 0 Å². The van der Waals surface area contributed by atoms with Gasteiger partial charge in [0.2, 0.25) is 0 Å². The van der Waals surface area contributed by atoms with Crippen molar-refractivity contribution in [2.45, 2.75) is 20.3 Å². The van der Waals surface area contributed by atoms with Gasteiger partial charge in [0.25, 0.3) is 0 Å². The van der Waals surface area contributed by atoms with E-state index in [-0.39, 0.29) is 11.2 Å². The van der Waals surface area contributed by atoms with Gasteiger partial charge in [-0.25, -0.2) is 4.39 Å². The summed E-state index contributed by atoms with van der Waals surface area (Å²) in [5, 5.41) is 0. The van der Waals surface area contributed by atoms with Gasteiger partial charge in [-0.15, -0.1) is 0 Å². The average molecular weight is 126 g/mol. The van der Waals surface area contributed by atoms with Crippen LogP contribution in [0.25, 0.3) is 0 Å². The van der Waals surface area contributed by atoms with Crippen molar-refractivity contribution in [1.29, 1.82) is 0 Å². The normalized spacial score (nSPS) is 23.7. The van der Waals surface area contributed by atoms with Crippen LogP contribution in [0, 0.1) is 5.41 Å². The van der Waals surface area contributed by atoms with Crippen LogP contribution in [0.2, 0.25) is 0 Å². The summed E-state index contributed by atoms with van der Waals surface area (Å²) in [4.78, 5) is 0. The molecule has 1 aliphatic rings. The van der Waals surface area contributed by atoms with Crippen LogP contribution in [0.1, 0.15) is 20.3 Å². The summed E-state index contributed by atoms with van der Waals surface area (Å²) in [6.07, 6.45) is 5.99. The van der Waals surface area contributed by atoms with Gasteiger partial charge in [0.1, 0.15) is 5.83 Å². The Morgan fingerprint density at radius 1 is 1.56 bits per heavy atom. The highest BCUT2D eigenvalue weighted by Crippen LogP contribution is 2.28. The quantitative estimate of drug-likeness (QED) is 0.468. The van der Waals surface area contributed by atoms with Gasteiger partial charge in [-0.3, -0.25) is 0 Å². The summed E-state index contributed by atoms with van der Waals surface area (Å²) in [6, 6.07) is 0. The highest BCUT2D eigenvalue weighted by molar-refractivity contribution is 5.20. The molecule has 0 radical (unpaired) electrons. The molecule has 1 aliphatic carbocycles. The van der Waals surface area contributed by atoms with Crippen molar-refractivity contribution >= 4 is 0 Å². The number of allylic oxidation sites excluding steroid dienone is 4. The minimum absolute atomic E-state index is 0.0266. The topological polar surface area (TPSA) is 0 Å². The van der Waals surface area contributed by atoms with E-state index in [1.807, 2.05) is 19.9 Å². The molecule has 0 aliphatic heterocycles. The zero-order valence-electron chi connectivity index (χ0n) is 5.82. The standard InChI is InChI=1S/C8H11F/c1-8(2)5-3-4-7(9)6-8/h3-4,6H,5H2,1-2H3. The van der Waals surface area contributed by atoms with Crippen LogP contribution in [0.4, 0.5) is 4.39 Å². The largest absolute Gasteiger partial charge is 0.207 e. The van der Waals surface area contributed by atoms with Gasteiger partial charge >= 0.3 is 0 Å². The van der Waals surface area contributed by atoms with E-state index < -0.39 is 0 Å². The molecule has 0 saturated carbocycles. The second-order valence-electron chi connectivity index (χ2n) is 3.12. The lowest BCUT2D eigenvalue weighted by Gasteiger charge is -2.20. The molecule has 1 heteroatoms. The van der Waals surface area contributed by atoms with E-state index in [4.69, 9.17) is 0 Å². The molecular formula is C8H11F. The third-order valence-corrected chi connectivity index (χ3v) is 1.45. The van der Waals surface area contributed by atoms with Gasteiger partial charge < -0.3 is 0 Å². The lowest BCUT2D eigenvalue weighted by atomic mass is 9.86. The summed E-state index contributed by atoms with van der Waals surface area (Å²) in [5.74, 6) is -0.105. The lowest BCUT2D eigenvalue weighted by molar-refractivity contribution is 0.461. The van der Waals surface area contributed by atoms with E-state index in [9.17, 15) is 4.39 Å². The molecule has 0 atom stereocenters. The second-order valence-corrected chi connectivity index (χ2v) is 3.12. The number of hydrogen-bond donors (Lipinski definition) is 0. The molecule has 0 unspecified atom stereocenters. The molecule has 0 N–H and O–H groups in total. The van der Waals surface area contributed by atoms with Crippen molar-refractivity contribution in [3.8, 4) is 0 Å². The Kier molecular flexibility index (Phi) is 1.43. The molecule has 9 heavy (non-hydrogen) atoms. The zero-order chi connectivity index (χ0) is 6.91. The lowest BCUT2D eigenvalue weighted by Crippen LogP contribution is -2.08. The van der Waals surface area contributed by atoms with E-state index >= 15 is 0 Å². The molecule has 0 aromatic heterocycles. The van der Waals surface area contributed by atoms with Crippen molar-refractivity contribution in [3.05, 3.63) is 24.1 Å². The smallest absolute Gasteiger partial charge is 0.119 e. The Morgan fingerprint density at radius 3 is 2.56 bits per heavy atom. The summed E-state index contributed by atoms with van der Waals surface area (Å²) >= 11 is 0. The van der Waals surface area contributed by atoms with Crippen LogP contribution in [0.5, 0.6) is 0 Å². The van der Waals surface area contributed by atoms with E-state index in [1.165, 1.54) is 6.08 Å². The van der Waals surface area contributed by atoms with Crippen LogP contribution in [0.3, 0.4) is 0 Å². The minimum atomic E-state index is -0.105. The van der Waals surface area contributed by atoms with Gasteiger partial charge in [0.05, 0.1) is 0 Å². The summed E-state index contributed by atoms with van der Waals surface area (Å²) < 4.78 is 12.5. The monoisotopic (exact) mass is 126 g/mol. The van der Waals surface area contributed by atoms with E-state index in [0.29, 0.717) is 0 Å². The fourth-order valence-electron chi connectivity index (χ4n) is 0.956. The molecule has 0 bridgehead atoms. The number of rotatable bonds is 0. The third kappa shape index (κ3) is 1.67. The first-order valence-electron chi connectivity index (χ1n) is 3.15. The molecule has 0 fully saturated rings. The minimum Gasteiger partial charge on any atom is -0.207 e. The summed E-state index contributed by atoms with van der Waals surface area (Å²) in [6.45, 7) is 4.05. The Labute approximate surface area is 55.1 Å². The van der Waals surface area contributed by atoms with E-state index in [0.717, 1.165) is 6.42 Å². The van der Waals surface area contributed by atoms with Gasteiger partial charge in [-0.05, 0) is 24.0 Å². The first-order chi connectivity index (χ1) is 4.10. The van der Waals surface area contributed by atoms with Crippen LogP contribution in [-0.2, 0) is 0 Å². The number of halogens is 1. The van der Waals surface area contributed by atoms with Crippen molar-refractivity contribution in [1.82, 2.24) is 0 Å². The van der Waals surface area contributed by atoms with Crippen molar-refractivity contribution in [3.63, 3.8) is 0 Å². The molecule has 0 amide bonds. The molecule has 0 aromatic carbocycles. The molecule has 0 heterocycles. The van der Waals surface area contributed by atoms with E-state index in [2.05, 4.69) is 0 Å². The Balaban J connectivity index is 2.78. The van der Waals surface area contributed by atoms with Crippen LogP contribution >= 0.6 is 0 Å². The molecule has 0 nitrogen and oxygen atoms in total. The summed E-state index contributed by atoms with van der Waals surface area (Å²) in [7, 11) is 0. The molecule has 50 valence electrons. The zero-order valence-corrected chi connectivity index (χ0v) is 5.82. The predicted octanol–water partition coefficient (Wildman–Crippen LogP) is 2.83. The van der Waals surface area contributed by atoms with Crippen LogP contribution in [-0.4, -0.2) is 0 Å². The predicted molar refractivity (Wildman–Crippen MR) is 36.7 cm³/mol. The van der Waals surface area contributed by atoms with Gasteiger partial charge in [-0.1, -0.05) is 19.9 Å². The SMILES string of the molecule is CC1(C)C=C(F)C=CC1. The first kappa shape index (κ1) is 6.53. The van der Waals surface area contributed by atoms with Crippen molar-refractivity contribution in [2.75, 3.05) is 0 Å². The van der Waals surface area contributed by atoms with Crippen molar-refractivity contribution in [2.24, 2.45) is 5.41 Å². The maximum atomic E-state index is 12.5. The summed E-state index contributed by atoms with van der Waals surface area (Å²) in [5.41, 5.74) is 0.0266. The molecule has 0 aromatic rings. The van der Waals surface area contributed by atoms with Gasteiger partial charge in [0.15, 0.2) is 0 Å². The molecule has 0 spiro atoms. The highest BCUT2D eigenvalue weighted by Gasteiger charge is 2.16. The third-order valence-electron chi connectivity index (χ3n) is 1.45. The van der Waals surface area contributed by atoms with E-state index in [1.54, 1.807) is 6.08 Å². The Morgan fingerprint density at radius 2 is 2.22 bits per heavy atom. The molecular weight excluding hydrogens is 115 g/mol. The van der Waals surface area contributed by atoms with Gasteiger partial charge in [-0.2, -0.15) is 0 Å². The van der Waals surface area contributed by atoms with Crippen LogP contribution in [0.15, 0.2) is 24.1 Å². The maximum Gasteiger partial charge on any atom is 0.119 e. The second kappa shape index (κ2) is 1.98. The Hall–Kier alpha value is -0.590. The Bertz CT molecular complexity index is 163. The maximum absolute atomic E-state index is 12.5. The fraction of sp³-hybridized carbons (Fsp3) is 0.500.